The first-order valence-corrected chi connectivity index (χ1v) is 12.8. The highest BCUT2D eigenvalue weighted by atomic mass is 19.1. The molecule has 200 valence electrons. The Kier molecular flexibility index (Phi) is 6.57. The number of halogens is 1. The number of ketones is 1. The first-order valence-electron chi connectivity index (χ1n) is 12.8. The molecule has 8 heteroatoms. The van der Waals surface area contributed by atoms with Gasteiger partial charge in [0.1, 0.15) is 22.9 Å². The SMILES string of the molecule is O=C(O)c1ccc(CNC(=O)c2cc(-c3ccc(F)cc3)cc3ncc(C(=O)c4ccc5ccccc5c4)n23)cc1. The minimum absolute atomic E-state index is 0.129. The molecule has 7 nitrogen and oxygen atoms in total. The number of imidazole rings is 1. The van der Waals surface area contributed by atoms with Crippen LogP contribution in [0.25, 0.3) is 27.5 Å². The molecule has 41 heavy (non-hydrogen) atoms. The molecule has 6 rings (SSSR count). The number of hydrogen-bond acceptors (Lipinski definition) is 4. The van der Waals surface area contributed by atoms with Gasteiger partial charge < -0.3 is 10.4 Å². The molecule has 0 saturated heterocycles. The summed E-state index contributed by atoms with van der Waals surface area (Å²) >= 11 is 0. The summed E-state index contributed by atoms with van der Waals surface area (Å²) in [7, 11) is 0. The summed E-state index contributed by atoms with van der Waals surface area (Å²) in [6.07, 6.45) is 1.45. The van der Waals surface area contributed by atoms with Crippen molar-refractivity contribution in [3.63, 3.8) is 0 Å². The molecule has 0 fully saturated rings. The Morgan fingerprint density at radius 3 is 2.20 bits per heavy atom. The summed E-state index contributed by atoms with van der Waals surface area (Å²) in [5.41, 5.74) is 3.38. The summed E-state index contributed by atoms with van der Waals surface area (Å²) in [5.74, 6) is -2.18. The Morgan fingerprint density at radius 2 is 1.46 bits per heavy atom. The van der Waals surface area contributed by atoms with Gasteiger partial charge in [0, 0.05) is 12.1 Å². The lowest BCUT2D eigenvalue weighted by atomic mass is 10.0. The van der Waals surface area contributed by atoms with Crippen molar-refractivity contribution in [1.82, 2.24) is 14.7 Å². The van der Waals surface area contributed by atoms with Crippen LogP contribution in [0.5, 0.6) is 0 Å². The van der Waals surface area contributed by atoms with E-state index in [1.54, 1.807) is 42.5 Å². The molecule has 0 aliphatic carbocycles. The summed E-state index contributed by atoms with van der Waals surface area (Å²) in [6, 6.07) is 28.6. The zero-order valence-corrected chi connectivity index (χ0v) is 21.5. The van der Waals surface area contributed by atoms with Crippen molar-refractivity contribution >= 4 is 34.1 Å². The number of carboxylic acids is 1. The largest absolute Gasteiger partial charge is 0.478 e. The number of hydrogen-bond donors (Lipinski definition) is 2. The Morgan fingerprint density at radius 1 is 0.756 bits per heavy atom. The highest BCUT2D eigenvalue weighted by Gasteiger charge is 2.21. The molecule has 0 radical (unpaired) electrons. The molecule has 0 aliphatic rings. The van der Waals surface area contributed by atoms with Gasteiger partial charge in [-0.1, -0.05) is 60.7 Å². The van der Waals surface area contributed by atoms with E-state index in [0.29, 0.717) is 27.9 Å². The predicted octanol–water partition coefficient (Wildman–Crippen LogP) is 6.15. The summed E-state index contributed by atoms with van der Waals surface area (Å²) in [6.45, 7) is 0.129. The first-order chi connectivity index (χ1) is 19.9. The average Bonchev–Trinajstić information content (AvgIpc) is 3.43. The van der Waals surface area contributed by atoms with Crippen molar-refractivity contribution in [3.05, 3.63) is 143 Å². The fraction of sp³-hybridized carbons (Fsp3) is 0.0303. The second-order valence-corrected chi connectivity index (χ2v) is 9.55. The van der Waals surface area contributed by atoms with Crippen LogP contribution in [-0.2, 0) is 6.54 Å². The van der Waals surface area contributed by atoms with Crippen molar-refractivity contribution in [2.45, 2.75) is 6.54 Å². The lowest BCUT2D eigenvalue weighted by molar-refractivity contribution is 0.0696. The number of benzene rings is 4. The molecule has 0 spiro atoms. The van der Waals surface area contributed by atoms with Crippen LogP contribution in [0.15, 0.2) is 109 Å². The molecule has 0 atom stereocenters. The van der Waals surface area contributed by atoms with E-state index >= 15 is 0 Å². The Balaban J connectivity index is 1.41. The minimum atomic E-state index is -1.04. The smallest absolute Gasteiger partial charge is 0.335 e. The van der Waals surface area contributed by atoms with Gasteiger partial charge in [-0.05, 0) is 69.9 Å². The van der Waals surface area contributed by atoms with Gasteiger partial charge in [0.2, 0.25) is 5.78 Å². The highest BCUT2D eigenvalue weighted by molar-refractivity contribution is 6.10. The molecule has 0 bridgehead atoms. The lowest BCUT2D eigenvalue weighted by Crippen LogP contribution is -2.26. The third-order valence-corrected chi connectivity index (χ3v) is 6.92. The van der Waals surface area contributed by atoms with E-state index in [1.165, 1.54) is 34.9 Å². The van der Waals surface area contributed by atoms with Crippen molar-refractivity contribution in [3.8, 4) is 11.1 Å². The van der Waals surface area contributed by atoms with Crippen molar-refractivity contribution < 1.29 is 23.9 Å². The third kappa shape index (κ3) is 5.06. The van der Waals surface area contributed by atoms with Crippen molar-refractivity contribution in [1.29, 1.82) is 0 Å². The zero-order chi connectivity index (χ0) is 28.5. The molecule has 4 aromatic carbocycles. The van der Waals surface area contributed by atoms with Gasteiger partial charge in [-0.3, -0.25) is 14.0 Å². The predicted molar refractivity (Wildman–Crippen MR) is 153 cm³/mol. The standard InChI is InChI=1S/C33H22FN3O4/c34-27-13-11-22(12-14-27)26-16-28(32(39)36-18-20-5-7-23(8-6-20)33(40)41)37-29(19-35-30(37)17-26)31(38)25-10-9-21-3-1-2-4-24(21)15-25/h1-17,19H,18H2,(H,36,39)(H,40,41). The number of carbonyl (C=O) groups is 3. The van der Waals surface area contributed by atoms with Crippen LogP contribution in [0.1, 0.15) is 42.5 Å². The number of rotatable bonds is 7. The van der Waals surface area contributed by atoms with Crippen LogP contribution in [0.3, 0.4) is 0 Å². The van der Waals surface area contributed by atoms with Crippen molar-refractivity contribution in [2.75, 3.05) is 0 Å². The van der Waals surface area contributed by atoms with Crippen LogP contribution in [0.4, 0.5) is 4.39 Å². The number of carbonyl (C=O) groups excluding carboxylic acids is 2. The van der Waals surface area contributed by atoms with Gasteiger partial charge in [-0.15, -0.1) is 0 Å². The maximum atomic E-state index is 13.7. The van der Waals surface area contributed by atoms with Crippen LogP contribution in [0, 0.1) is 5.82 Å². The topological polar surface area (TPSA) is 101 Å². The summed E-state index contributed by atoms with van der Waals surface area (Å²) in [4.78, 5) is 42.9. The second-order valence-electron chi connectivity index (χ2n) is 9.55. The van der Waals surface area contributed by atoms with E-state index < -0.39 is 11.9 Å². The van der Waals surface area contributed by atoms with E-state index in [0.717, 1.165) is 10.8 Å². The number of amides is 1. The molecular weight excluding hydrogens is 521 g/mol. The summed E-state index contributed by atoms with van der Waals surface area (Å²) in [5, 5.41) is 13.9. The van der Waals surface area contributed by atoms with Gasteiger partial charge in [-0.2, -0.15) is 0 Å². The first kappa shape index (κ1) is 25.6. The zero-order valence-electron chi connectivity index (χ0n) is 21.5. The Labute approximate surface area is 233 Å². The average molecular weight is 544 g/mol. The van der Waals surface area contributed by atoms with Crippen LogP contribution in [0.2, 0.25) is 0 Å². The Hall–Kier alpha value is -5.63. The number of nitrogens with zero attached hydrogens (tertiary/aromatic N) is 2. The minimum Gasteiger partial charge on any atom is -0.478 e. The van der Waals surface area contributed by atoms with E-state index in [2.05, 4.69) is 10.3 Å². The normalized spacial score (nSPS) is 11.0. The third-order valence-electron chi connectivity index (χ3n) is 6.92. The van der Waals surface area contributed by atoms with E-state index in [-0.39, 0.29) is 35.1 Å². The highest BCUT2D eigenvalue weighted by Crippen LogP contribution is 2.26. The molecule has 0 aliphatic heterocycles. The fourth-order valence-electron chi connectivity index (χ4n) is 4.77. The van der Waals surface area contributed by atoms with Crippen LogP contribution < -0.4 is 5.32 Å². The van der Waals surface area contributed by atoms with Gasteiger partial charge in [0.15, 0.2) is 0 Å². The summed E-state index contributed by atoms with van der Waals surface area (Å²) < 4.78 is 15.1. The molecule has 2 N–H and O–H groups in total. The lowest BCUT2D eigenvalue weighted by Gasteiger charge is -2.13. The molecule has 2 heterocycles. The van der Waals surface area contributed by atoms with Crippen LogP contribution >= 0.6 is 0 Å². The number of carboxylic acid groups (broad SMARTS) is 1. The van der Waals surface area contributed by atoms with Gasteiger partial charge >= 0.3 is 5.97 Å². The van der Waals surface area contributed by atoms with Crippen molar-refractivity contribution in [2.24, 2.45) is 0 Å². The number of pyridine rings is 1. The molecule has 2 aromatic heterocycles. The number of nitrogens with one attached hydrogen (secondary N) is 1. The quantitative estimate of drug-likeness (QED) is 0.235. The molecule has 0 saturated carbocycles. The molecular formula is C33H22FN3O4. The van der Waals surface area contributed by atoms with Gasteiger partial charge in [0.05, 0.1) is 11.8 Å². The van der Waals surface area contributed by atoms with E-state index in [1.807, 2.05) is 36.4 Å². The van der Waals surface area contributed by atoms with E-state index in [9.17, 15) is 18.8 Å². The van der Waals surface area contributed by atoms with E-state index in [4.69, 9.17) is 5.11 Å². The number of fused-ring (bicyclic) bond motifs is 2. The van der Waals surface area contributed by atoms with Gasteiger partial charge in [-0.25, -0.2) is 14.2 Å². The van der Waals surface area contributed by atoms with Gasteiger partial charge in [0.25, 0.3) is 5.91 Å². The maximum absolute atomic E-state index is 13.7. The number of aromatic nitrogens is 2. The fourth-order valence-corrected chi connectivity index (χ4v) is 4.77. The molecule has 6 aromatic rings. The second kappa shape index (κ2) is 10.5. The Bertz CT molecular complexity index is 1960. The molecule has 1 amide bonds. The maximum Gasteiger partial charge on any atom is 0.335 e. The van der Waals surface area contributed by atoms with Crippen LogP contribution in [-0.4, -0.2) is 32.2 Å². The molecule has 0 unspecified atom stereocenters. The number of aromatic carboxylic acids is 1. The monoisotopic (exact) mass is 543 g/mol.